The third-order valence-electron chi connectivity index (χ3n) is 3.83. The molecule has 1 saturated heterocycles. The molecule has 2 heterocycles. The third kappa shape index (κ3) is 3.73. The summed E-state index contributed by atoms with van der Waals surface area (Å²) in [6, 6.07) is 7.22. The number of para-hydroxylation sites is 1. The summed E-state index contributed by atoms with van der Waals surface area (Å²) in [5.74, 6) is 0.152. The molecule has 23 heavy (non-hydrogen) atoms. The number of nitrogens with one attached hydrogen (secondary N) is 1. The van der Waals surface area contributed by atoms with E-state index in [0.717, 1.165) is 19.4 Å². The van der Waals surface area contributed by atoms with Crippen LogP contribution in [-0.2, 0) is 16.6 Å². The lowest BCUT2D eigenvalue weighted by Gasteiger charge is -2.11. The van der Waals surface area contributed by atoms with Gasteiger partial charge in [-0.3, -0.25) is 14.2 Å². The zero-order valence-electron chi connectivity index (χ0n) is 12.9. The topological polar surface area (TPSA) is 73.2 Å². The number of carbonyl (C=O) groups excluding carboxylic acids is 1. The smallest absolute Gasteiger partial charge is 0.261 e. The Bertz CT molecular complexity index is 769. The number of benzene rings is 1. The third-order valence-corrected chi connectivity index (χ3v) is 4.86. The monoisotopic (exact) mass is 333 g/mol. The number of amides is 1. The van der Waals surface area contributed by atoms with Crippen LogP contribution in [0.1, 0.15) is 12.8 Å². The predicted octanol–water partition coefficient (Wildman–Crippen LogP) is 1.32. The molecule has 1 N–H and O–H groups in total. The summed E-state index contributed by atoms with van der Waals surface area (Å²) < 4.78 is 6.96. The van der Waals surface area contributed by atoms with E-state index in [2.05, 4.69) is 10.3 Å². The molecule has 1 aromatic carbocycles. The van der Waals surface area contributed by atoms with E-state index in [0.29, 0.717) is 22.6 Å². The fraction of sp³-hybridized carbons (Fsp3) is 0.438. The molecule has 1 amide bonds. The number of carbonyl (C=O) groups is 1. The van der Waals surface area contributed by atoms with E-state index in [9.17, 15) is 9.59 Å². The fourth-order valence-electron chi connectivity index (χ4n) is 2.54. The van der Waals surface area contributed by atoms with Gasteiger partial charge < -0.3 is 10.1 Å². The van der Waals surface area contributed by atoms with Gasteiger partial charge in [-0.05, 0) is 25.0 Å². The maximum Gasteiger partial charge on any atom is 0.261 e. The largest absolute Gasteiger partial charge is 0.376 e. The summed E-state index contributed by atoms with van der Waals surface area (Å²) in [7, 11) is 1.67. The van der Waals surface area contributed by atoms with Gasteiger partial charge in [-0.15, -0.1) is 0 Å². The molecule has 1 atom stereocenters. The summed E-state index contributed by atoms with van der Waals surface area (Å²) in [6.45, 7) is 1.32. The van der Waals surface area contributed by atoms with Crippen molar-refractivity contribution in [2.45, 2.75) is 24.1 Å². The molecule has 122 valence electrons. The van der Waals surface area contributed by atoms with Crippen LogP contribution in [0.15, 0.2) is 34.2 Å². The Balaban J connectivity index is 1.63. The van der Waals surface area contributed by atoms with Crippen LogP contribution in [0.5, 0.6) is 0 Å². The van der Waals surface area contributed by atoms with Gasteiger partial charge in [-0.2, -0.15) is 0 Å². The number of hydrogen-bond acceptors (Lipinski definition) is 5. The van der Waals surface area contributed by atoms with Crippen LogP contribution >= 0.6 is 11.8 Å². The molecule has 0 bridgehead atoms. The number of ether oxygens (including phenoxy) is 1. The Morgan fingerprint density at radius 2 is 2.30 bits per heavy atom. The fourth-order valence-corrected chi connectivity index (χ4v) is 3.34. The summed E-state index contributed by atoms with van der Waals surface area (Å²) >= 11 is 1.27. The van der Waals surface area contributed by atoms with Gasteiger partial charge in [0.05, 0.1) is 22.8 Å². The molecule has 2 aromatic rings. The Labute approximate surface area is 138 Å². The van der Waals surface area contributed by atoms with E-state index in [-0.39, 0.29) is 23.3 Å². The van der Waals surface area contributed by atoms with Crippen LogP contribution in [-0.4, -0.2) is 40.5 Å². The molecule has 0 spiro atoms. The molecular formula is C16H19N3O3S. The van der Waals surface area contributed by atoms with Crippen molar-refractivity contribution in [3.63, 3.8) is 0 Å². The number of fused-ring (bicyclic) bond motifs is 1. The van der Waals surface area contributed by atoms with Crippen molar-refractivity contribution in [3.8, 4) is 0 Å². The van der Waals surface area contributed by atoms with E-state index in [4.69, 9.17) is 4.74 Å². The normalized spacial score (nSPS) is 17.5. The van der Waals surface area contributed by atoms with Gasteiger partial charge in [0, 0.05) is 20.2 Å². The highest BCUT2D eigenvalue weighted by molar-refractivity contribution is 7.99. The van der Waals surface area contributed by atoms with Crippen LogP contribution in [0.3, 0.4) is 0 Å². The van der Waals surface area contributed by atoms with Gasteiger partial charge in [-0.25, -0.2) is 4.98 Å². The van der Waals surface area contributed by atoms with E-state index < -0.39 is 0 Å². The molecule has 1 aliphatic heterocycles. The van der Waals surface area contributed by atoms with Crippen molar-refractivity contribution < 1.29 is 9.53 Å². The second-order valence-corrected chi connectivity index (χ2v) is 6.45. The van der Waals surface area contributed by atoms with Crippen molar-refractivity contribution in [3.05, 3.63) is 34.6 Å². The standard InChI is InChI=1S/C16H19N3O3S/c1-19-15(21)12-6-2-3-7-13(12)18-16(19)23-10-14(20)17-9-11-5-4-8-22-11/h2-3,6-7,11H,4-5,8-10H2,1H3,(H,17,20)/t11-/m1/s1. The zero-order valence-corrected chi connectivity index (χ0v) is 13.8. The molecule has 1 aliphatic rings. The van der Waals surface area contributed by atoms with Crippen LogP contribution in [0.25, 0.3) is 10.9 Å². The number of rotatable bonds is 5. The Morgan fingerprint density at radius 1 is 1.48 bits per heavy atom. The van der Waals surface area contributed by atoms with Gasteiger partial charge in [0.25, 0.3) is 5.56 Å². The maximum absolute atomic E-state index is 12.3. The second kappa shape index (κ2) is 7.14. The predicted molar refractivity (Wildman–Crippen MR) is 89.7 cm³/mol. The molecule has 3 rings (SSSR count). The molecule has 0 aliphatic carbocycles. The average molecular weight is 333 g/mol. The minimum absolute atomic E-state index is 0.0760. The molecule has 0 radical (unpaired) electrons. The highest BCUT2D eigenvalue weighted by Crippen LogP contribution is 2.16. The van der Waals surface area contributed by atoms with E-state index >= 15 is 0 Å². The Hall–Kier alpha value is -1.86. The summed E-state index contributed by atoms with van der Waals surface area (Å²) in [5.41, 5.74) is 0.552. The SMILES string of the molecule is Cn1c(SCC(=O)NC[C@H]2CCCO2)nc2ccccc2c1=O. The quantitative estimate of drug-likeness (QED) is 0.660. The molecule has 6 nitrogen and oxygen atoms in total. The first kappa shape index (κ1) is 16.0. The van der Waals surface area contributed by atoms with Gasteiger partial charge in [0.1, 0.15) is 0 Å². The van der Waals surface area contributed by atoms with E-state index in [1.165, 1.54) is 16.3 Å². The van der Waals surface area contributed by atoms with Crippen LogP contribution in [0.4, 0.5) is 0 Å². The van der Waals surface area contributed by atoms with Crippen molar-refractivity contribution >= 4 is 28.6 Å². The summed E-state index contributed by atoms with van der Waals surface area (Å²) in [5, 5.41) is 3.99. The number of hydrogen-bond donors (Lipinski definition) is 1. The van der Waals surface area contributed by atoms with E-state index in [1.807, 2.05) is 12.1 Å². The minimum atomic E-state index is -0.0992. The van der Waals surface area contributed by atoms with Gasteiger partial charge >= 0.3 is 0 Å². The highest BCUT2D eigenvalue weighted by Gasteiger charge is 2.16. The molecular weight excluding hydrogens is 314 g/mol. The lowest BCUT2D eigenvalue weighted by molar-refractivity contribution is -0.119. The number of thioether (sulfide) groups is 1. The van der Waals surface area contributed by atoms with Gasteiger partial charge in [0.2, 0.25) is 5.91 Å². The minimum Gasteiger partial charge on any atom is -0.376 e. The number of aromatic nitrogens is 2. The highest BCUT2D eigenvalue weighted by atomic mass is 32.2. The van der Waals surface area contributed by atoms with Gasteiger partial charge in [0.15, 0.2) is 5.16 Å². The zero-order chi connectivity index (χ0) is 16.2. The van der Waals surface area contributed by atoms with Gasteiger partial charge in [-0.1, -0.05) is 23.9 Å². The van der Waals surface area contributed by atoms with E-state index in [1.54, 1.807) is 19.2 Å². The van der Waals surface area contributed by atoms with Crippen molar-refractivity contribution in [1.82, 2.24) is 14.9 Å². The first-order valence-electron chi connectivity index (χ1n) is 7.62. The molecule has 0 saturated carbocycles. The molecule has 1 fully saturated rings. The Kier molecular flexibility index (Phi) is 4.97. The summed E-state index contributed by atoms with van der Waals surface area (Å²) in [4.78, 5) is 28.7. The Morgan fingerprint density at radius 3 is 3.09 bits per heavy atom. The lowest BCUT2D eigenvalue weighted by atomic mass is 10.2. The first-order chi connectivity index (χ1) is 11.1. The van der Waals surface area contributed by atoms with Crippen molar-refractivity contribution in [2.24, 2.45) is 7.05 Å². The second-order valence-electron chi connectivity index (χ2n) is 5.50. The van der Waals surface area contributed by atoms with Crippen LogP contribution in [0, 0.1) is 0 Å². The van der Waals surface area contributed by atoms with Crippen molar-refractivity contribution in [2.75, 3.05) is 18.9 Å². The van der Waals surface area contributed by atoms with Crippen LogP contribution in [0.2, 0.25) is 0 Å². The maximum atomic E-state index is 12.3. The molecule has 7 heteroatoms. The molecule has 0 unspecified atom stereocenters. The lowest BCUT2D eigenvalue weighted by Crippen LogP contribution is -2.33. The molecule has 1 aromatic heterocycles. The number of nitrogens with zero attached hydrogens (tertiary/aromatic N) is 2. The average Bonchev–Trinajstić information content (AvgIpc) is 3.08. The van der Waals surface area contributed by atoms with Crippen molar-refractivity contribution in [1.29, 1.82) is 0 Å². The van der Waals surface area contributed by atoms with Crippen LogP contribution < -0.4 is 10.9 Å². The summed E-state index contributed by atoms with van der Waals surface area (Å²) in [6.07, 6.45) is 2.18. The first-order valence-corrected chi connectivity index (χ1v) is 8.60.